The predicted octanol–water partition coefficient (Wildman–Crippen LogP) is 4.68. The predicted molar refractivity (Wildman–Crippen MR) is 133 cm³/mol. The number of hydrogen-bond acceptors (Lipinski definition) is 4. The average molecular weight is 462 g/mol. The standard InChI is InChI=1S/C29H38N2O3/c1-5-19-7-9-20(10-8-19)23-15-22-17-29(3,4)27(24(22)16-26(23)34-6-2)31(28(32)33)25-18-30-13-11-21(25)12-14-30/h7-10,15-16,21,25,27H,5-6,11-14,17-18H2,1-4H3,(H,32,33)/p-1/t25-,27+/m1/s1. The number of hydrogen-bond donors (Lipinski definition) is 0. The normalized spacial score (nSPS) is 26.8. The Morgan fingerprint density at radius 1 is 1.15 bits per heavy atom. The Hall–Kier alpha value is -2.53. The number of rotatable bonds is 6. The van der Waals surface area contributed by atoms with Crippen LogP contribution in [0.3, 0.4) is 0 Å². The van der Waals surface area contributed by atoms with Crippen molar-refractivity contribution in [2.24, 2.45) is 11.3 Å². The highest BCUT2D eigenvalue weighted by Gasteiger charge is 2.48. The zero-order valence-corrected chi connectivity index (χ0v) is 21.0. The van der Waals surface area contributed by atoms with Crippen LogP contribution >= 0.6 is 0 Å². The Balaban J connectivity index is 1.58. The number of carbonyl (C=O) groups is 1. The van der Waals surface area contributed by atoms with Crippen LogP contribution < -0.4 is 9.84 Å². The third kappa shape index (κ3) is 3.98. The summed E-state index contributed by atoms with van der Waals surface area (Å²) in [6.45, 7) is 12.1. The quantitative estimate of drug-likeness (QED) is 0.627. The van der Waals surface area contributed by atoms with Crippen molar-refractivity contribution in [3.63, 3.8) is 0 Å². The van der Waals surface area contributed by atoms with Gasteiger partial charge < -0.3 is 24.4 Å². The highest BCUT2D eigenvalue weighted by Crippen LogP contribution is 2.53. The fraction of sp³-hybridized carbons (Fsp3) is 0.552. The van der Waals surface area contributed by atoms with E-state index in [4.69, 9.17) is 4.74 Å². The lowest BCUT2D eigenvalue weighted by Crippen LogP contribution is -2.62. The number of carboxylic acid groups (broad SMARTS) is 1. The van der Waals surface area contributed by atoms with Crippen LogP contribution in [0.1, 0.15) is 63.3 Å². The summed E-state index contributed by atoms with van der Waals surface area (Å²) in [7, 11) is 0. The molecule has 1 aliphatic carbocycles. The van der Waals surface area contributed by atoms with E-state index < -0.39 is 6.09 Å². The Morgan fingerprint density at radius 3 is 2.41 bits per heavy atom. The second-order valence-corrected chi connectivity index (χ2v) is 11.0. The van der Waals surface area contributed by atoms with Crippen LogP contribution in [-0.4, -0.2) is 48.2 Å². The van der Waals surface area contributed by atoms with E-state index in [1.807, 2.05) is 6.92 Å². The Morgan fingerprint density at radius 2 is 1.85 bits per heavy atom. The van der Waals surface area contributed by atoms with Gasteiger partial charge in [-0.2, -0.15) is 0 Å². The van der Waals surface area contributed by atoms with Crippen LogP contribution in [0.15, 0.2) is 36.4 Å². The molecule has 0 radical (unpaired) electrons. The van der Waals surface area contributed by atoms with Crippen molar-refractivity contribution in [1.29, 1.82) is 0 Å². The molecule has 2 atom stereocenters. The van der Waals surface area contributed by atoms with Crippen LogP contribution in [0.25, 0.3) is 11.1 Å². The van der Waals surface area contributed by atoms with Gasteiger partial charge in [0.05, 0.1) is 12.6 Å². The van der Waals surface area contributed by atoms with Gasteiger partial charge in [0.15, 0.2) is 0 Å². The van der Waals surface area contributed by atoms with Crippen molar-refractivity contribution >= 4 is 6.09 Å². The van der Waals surface area contributed by atoms with Crippen LogP contribution in [0, 0.1) is 11.3 Å². The topological polar surface area (TPSA) is 55.8 Å². The summed E-state index contributed by atoms with van der Waals surface area (Å²) in [6.07, 6.45) is 2.96. The van der Waals surface area contributed by atoms with Gasteiger partial charge in [0.2, 0.25) is 0 Å². The van der Waals surface area contributed by atoms with Crippen LogP contribution in [-0.2, 0) is 12.8 Å². The first-order valence-corrected chi connectivity index (χ1v) is 12.9. The van der Waals surface area contributed by atoms with Gasteiger partial charge in [0.1, 0.15) is 11.8 Å². The first-order chi connectivity index (χ1) is 16.3. The van der Waals surface area contributed by atoms with Gasteiger partial charge in [-0.3, -0.25) is 0 Å². The number of benzene rings is 2. The molecule has 3 heterocycles. The largest absolute Gasteiger partial charge is 0.530 e. The maximum atomic E-state index is 12.7. The maximum Gasteiger partial charge on any atom is 0.137 e. The summed E-state index contributed by atoms with van der Waals surface area (Å²) in [5.74, 6) is 1.26. The zero-order valence-electron chi connectivity index (χ0n) is 21.0. The number of fused-ring (bicyclic) bond motifs is 4. The Kier molecular flexibility index (Phi) is 6.09. The van der Waals surface area contributed by atoms with Gasteiger partial charge in [-0.05, 0) is 91.4 Å². The molecule has 0 N–H and O–H groups in total. The number of amides is 1. The number of piperidine rings is 3. The van der Waals surface area contributed by atoms with Gasteiger partial charge in [0.25, 0.3) is 0 Å². The molecular weight excluding hydrogens is 424 g/mol. The van der Waals surface area contributed by atoms with Crippen LogP contribution in [0.5, 0.6) is 5.75 Å². The number of nitrogens with zero attached hydrogens (tertiary/aromatic N) is 2. The average Bonchev–Trinajstić information content (AvgIpc) is 3.09. The molecule has 34 heavy (non-hydrogen) atoms. The minimum atomic E-state index is -1.04. The first kappa shape index (κ1) is 23.2. The van der Waals surface area contributed by atoms with E-state index in [-0.39, 0.29) is 17.5 Å². The molecule has 3 fully saturated rings. The van der Waals surface area contributed by atoms with Gasteiger partial charge in [-0.25, -0.2) is 0 Å². The third-order valence-corrected chi connectivity index (χ3v) is 8.36. The van der Waals surface area contributed by atoms with Crippen molar-refractivity contribution in [2.75, 3.05) is 26.2 Å². The van der Waals surface area contributed by atoms with E-state index in [1.54, 1.807) is 4.90 Å². The third-order valence-electron chi connectivity index (χ3n) is 8.36. The second-order valence-electron chi connectivity index (χ2n) is 11.0. The lowest BCUT2D eigenvalue weighted by molar-refractivity contribution is -0.276. The highest BCUT2D eigenvalue weighted by molar-refractivity contribution is 5.74. The fourth-order valence-corrected chi connectivity index (χ4v) is 6.68. The molecule has 5 heteroatoms. The highest BCUT2D eigenvalue weighted by atomic mass is 16.5. The molecule has 0 unspecified atom stereocenters. The van der Waals surface area contributed by atoms with E-state index >= 15 is 0 Å². The van der Waals surface area contributed by atoms with Gasteiger partial charge in [0, 0.05) is 18.2 Å². The van der Waals surface area contributed by atoms with Crippen molar-refractivity contribution in [3.8, 4) is 16.9 Å². The summed E-state index contributed by atoms with van der Waals surface area (Å²) in [4.78, 5) is 16.8. The first-order valence-electron chi connectivity index (χ1n) is 12.9. The van der Waals surface area contributed by atoms with Gasteiger partial charge in [-0.1, -0.05) is 45.0 Å². The molecule has 2 bridgehead atoms. The Labute approximate surface area is 203 Å². The van der Waals surface area contributed by atoms with E-state index in [9.17, 15) is 9.90 Å². The molecule has 4 aliphatic rings. The zero-order chi connectivity index (χ0) is 24.0. The molecule has 3 aliphatic heterocycles. The molecule has 182 valence electrons. The van der Waals surface area contributed by atoms with Crippen molar-refractivity contribution in [2.45, 2.75) is 65.5 Å². The molecule has 0 saturated carbocycles. The smallest absolute Gasteiger partial charge is 0.137 e. The molecule has 5 nitrogen and oxygen atoms in total. The minimum absolute atomic E-state index is 0.000432. The molecule has 2 aromatic carbocycles. The lowest BCUT2D eigenvalue weighted by atomic mass is 9.79. The lowest BCUT2D eigenvalue weighted by Gasteiger charge is -2.53. The van der Waals surface area contributed by atoms with Gasteiger partial charge >= 0.3 is 0 Å². The summed E-state index contributed by atoms with van der Waals surface area (Å²) in [6, 6.07) is 12.8. The molecule has 3 saturated heterocycles. The Bertz CT molecular complexity index is 1050. The maximum absolute atomic E-state index is 12.7. The van der Waals surface area contributed by atoms with E-state index in [1.165, 1.54) is 11.1 Å². The summed E-state index contributed by atoms with van der Waals surface area (Å²) in [5.41, 5.74) is 5.62. The number of carbonyl (C=O) groups excluding carboxylic acids is 1. The summed E-state index contributed by atoms with van der Waals surface area (Å²) >= 11 is 0. The second kappa shape index (κ2) is 8.92. The molecule has 0 spiro atoms. The van der Waals surface area contributed by atoms with Crippen LogP contribution in [0.4, 0.5) is 4.79 Å². The number of aryl methyl sites for hydroxylation is 1. The van der Waals surface area contributed by atoms with E-state index in [0.717, 1.165) is 67.8 Å². The molecule has 0 aromatic heterocycles. The SMILES string of the molecule is CCOc1cc2c(cc1-c1ccc(CC)cc1)CC(C)(C)[C@H]2N(C(=O)[O-])[C@@H]1CN2CCC1CC2. The summed E-state index contributed by atoms with van der Waals surface area (Å²) in [5, 5.41) is 12.7. The van der Waals surface area contributed by atoms with Crippen molar-refractivity contribution in [3.05, 3.63) is 53.1 Å². The molecule has 6 rings (SSSR count). The van der Waals surface area contributed by atoms with Crippen molar-refractivity contribution in [1.82, 2.24) is 9.80 Å². The number of ether oxygens (including phenoxy) is 1. The minimum Gasteiger partial charge on any atom is -0.530 e. The summed E-state index contributed by atoms with van der Waals surface area (Å²) < 4.78 is 6.14. The van der Waals surface area contributed by atoms with E-state index in [2.05, 4.69) is 62.1 Å². The molecule has 1 amide bonds. The molecule has 2 aromatic rings. The van der Waals surface area contributed by atoms with Crippen molar-refractivity contribution < 1.29 is 14.6 Å². The van der Waals surface area contributed by atoms with E-state index in [0.29, 0.717) is 12.5 Å². The molecular formula is C29H37N2O3-. The van der Waals surface area contributed by atoms with Crippen LogP contribution in [0.2, 0.25) is 0 Å². The fourth-order valence-electron chi connectivity index (χ4n) is 6.68. The monoisotopic (exact) mass is 461 g/mol. The van der Waals surface area contributed by atoms with Gasteiger partial charge in [-0.15, -0.1) is 0 Å².